The first-order valence-corrected chi connectivity index (χ1v) is 9.05. The fourth-order valence-corrected chi connectivity index (χ4v) is 2.69. The molecule has 0 aliphatic carbocycles. The molecule has 0 radical (unpaired) electrons. The first-order valence-electron chi connectivity index (χ1n) is 9.05. The number of hydrogen-bond donors (Lipinski definition) is 1. The van der Waals surface area contributed by atoms with Crippen LogP contribution in [-0.2, 0) is 15.0 Å². The number of carbonyl (C=O) groups is 2. The quantitative estimate of drug-likeness (QED) is 0.755. The summed E-state index contributed by atoms with van der Waals surface area (Å²) in [5.41, 5.74) is 1.81. The largest absolute Gasteiger partial charge is 0.550 e. The maximum absolute atomic E-state index is 12.3. The van der Waals surface area contributed by atoms with E-state index >= 15 is 0 Å². The van der Waals surface area contributed by atoms with Gasteiger partial charge in [0.25, 0.3) is 5.91 Å². The Morgan fingerprint density at radius 1 is 1.00 bits per heavy atom. The molecule has 0 aliphatic rings. The molecule has 0 heterocycles. The monoisotopic (exact) mass is 384 g/mol. The lowest BCUT2D eigenvalue weighted by molar-refractivity contribution is -0.306. The number of carbonyl (C=O) groups excluding carboxylic acids is 2. The van der Waals surface area contributed by atoms with E-state index < -0.39 is 17.9 Å². The zero-order valence-corrected chi connectivity index (χ0v) is 16.7. The van der Waals surface area contributed by atoms with Gasteiger partial charge in [0.05, 0.1) is 13.2 Å². The predicted molar refractivity (Wildman–Crippen MR) is 104 cm³/mol. The molecule has 2 aromatic rings. The summed E-state index contributed by atoms with van der Waals surface area (Å²) < 4.78 is 10.5. The number of benzene rings is 2. The van der Waals surface area contributed by atoms with Gasteiger partial charge in [-0.25, -0.2) is 0 Å². The molecule has 0 fully saturated rings. The molecule has 0 spiro atoms. The van der Waals surface area contributed by atoms with Gasteiger partial charge < -0.3 is 24.7 Å². The number of nitrogens with one attached hydrogen (secondary N) is 1. The van der Waals surface area contributed by atoms with Gasteiger partial charge in [-0.2, -0.15) is 0 Å². The Kier molecular flexibility index (Phi) is 7.04. The molecule has 1 unspecified atom stereocenters. The van der Waals surface area contributed by atoms with E-state index in [9.17, 15) is 14.7 Å². The summed E-state index contributed by atoms with van der Waals surface area (Å²) in [5.74, 6) is -0.449. The van der Waals surface area contributed by atoms with Crippen molar-refractivity contribution in [2.75, 3.05) is 13.7 Å². The SMILES string of the molecule is COc1ccc(OCC(=O)NC(CC(=O)[O-])c2ccc(C(C)(C)C)cc2)cc1. The standard InChI is InChI=1S/C22H27NO5/c1-22(2,3)16-7-5-15(6-8-16)19(13-21(25)26)23-20(24)14-28-18-11-9-17(27-4)10-12-18/h5-12,19H,13-14H2,1-4H3,(H,23,24)(H,25,26)/p-1. The highest BCUT2D eigenvalue weighted by atomic mass is 16.5. The van der Waals surface area contributed by atoms with Crippen LogP contribution in [-0.4, -0.2) is 25.6 Å². The maximum atomic E-state index is 12.3. The van der Waals surface area contributed by atoms with Crippen molar-refractivity contribution < 1.29 is 24.2 Å². The van der Waals surface area contributed by atoms with E-state index in [4.69, 9.17) is 9.47 Å². The van der Waals surface area contributed by atoms with Crippen molar-refractivity contribution in [2.45, 2.75) is 38.6 Å². The number of amides is 1. The van der Waals surface area contributed by atoms with Crippen LogP contribution in [0.1, 0.15) is 44.4 Å². The molecule has 1 atom stereocenters. The molecule has 2 rings (SSSR count). The second-order valence-corrected chi connectivity index (χ2v) is 7.53. The van der Waals surface area contributed by atoms with Gasteiger partial charge in [-0.15, -0.1) is 0 Å². The second-order valence-electron chi connectivity index (χ2n) is 7.53. The van der Waals surface area contributed by atoms with Gasteiger partial charge in [0.15, 0.2) is 6.61 Å². The summed E-state index contributed by atoms with van der Waals surface area (Å²) in [4.78, 5) is 23.4. The van der Waals surface area contributed by atoms with Crippen LogP contribution in [0.25, 0.3) is 0 Å². The van der Waals surface area contributed by atoms with E-state index in [1.807, 2.05) is 24.3 Å². The topological polar surface area (TPSA) is 87.7 Å². The summed E-state index contributed by atoms with van der Waals surface area (Å²) in [6, 6.07) is 13.7. The third kappa shape index (κ3) is 6.30. The number of carboxylic acid groups (broad SMARTS) is 1. The predicted octanol–water partition coefficient (Wildman–Crippen LogP) is 2.37. The van der Waals surface area contributed by atoms with Crippen LogP contribution < -0.4 is 19.9 Å². The molecule has 0 saturated heterocycles. The van der Waals surface area contributed by atoms with Crippen molar-refractivity contribution in [3.8, 4) is 11.5 Å². The molecule has 150 valence electrons. The molecule has 1 amide bonds. The van der Waals surface area contributed by atoms with Gasteiger partial charge in [-0.05, 0) is 40.8 Å². The summed E-state index contributed by atoms with van der Waals surface area (Å²) >= 11 is 0. The average Bonchev–Trinajstić information content (AvgIpc) is 2.65. The van der Waals surface area contributed by atoms with E-state index in [0.29, 0.717) is 17.1 Å². The molecular formula is C22H26NO5-. The Balaban J connectivity index is 2.02. The third-order valence-electron chi connectivity index (χ3n) is 4.31. The first kappa shape index (κ1) is 21.3. The van der Waals surface area contributed by atoms with E-state index in [-0.39, 0.29) is 18.4 Å². The minimum Gasteiger partial charge on any atom is -0.550 e. The molecule has 0 bridgehead atoms. The summed E-state index contributed by atoms with van der Waals surface area (Å²) in [7, 11) is 1.56. The zero-order valence-electron chi connectivity index (χ0n) is 16.7. The van der Waals surface area contributed by atoms with Crippen LogP contribution in [0.15, 0.2) is 48.5 Å². The Morgan fingerprint density at radius 2 is 1.57 bits per heavy atom. The Morgan fingerprint density at radius 3 is 2.07 bits per heavy atom. The van der Waals surface area contributed by atoms with Crippen molar-refractivity contribution in [2.24, 2.45) is 0 Å². The molecule has 0 saturated carbocycles. The van der Waals surface area contributed by atoms with Crippen LogP contribution in [0.3, 0.4) is 0 Å². The Hall–Kier alpha value is -3.02. The van der Waals surface area contributed by atoms with Crippen molar-refractivity contribution in [1.82, 2.24) is 5.32 Å². The summed E-state index contributed by atoms with van der Waals surface area (Å²) in [6.45, 7) is 6.06. The van der Waals surface area contributed by atoms with Crippen LogP contribution in [0.2, 0.25) is 0 Å². The van der Waals surface area contributed by atoms with E-state index in [2.05, 4.69) is 26.1 Å². The number of methoxy groups -OCH3 is 1. The number of aliphatic carboxylic acids is 1. The number of rotatable bonds is 8. The zero-order chi connectivity index (χ0) is 20.7. The summed E-state index contributed by atoms with van der Waals surface area (Å²) in [5, 5.41) is 13.8. The molecular weight excluding hydrogens is 358 g/mol. The van der Waals surface area contributed by atoms with Gasteiger partial charge in [0.1, 0.15) is 11.5 Å². The Labute approximate surface area is 165 Å². The third-order valence-corrected chi connectivity index (χ3v) is 4.31. The molecule has 6 heteroatoms. The highest BCUT2D eigenvalue weighted by Crippen LogP contribution is 2.25. The number of ether oxygens (including phenoxy) is 2. The minimum absolute atomic E-state index is 0.0160. The lowest BCUT2D eigenvalue weighted by atomic mass is 9.86. The average molecular weight is 384 g/mol. The minimum atomic E-state index is -1.23. The van der Waals surface area contributed by atoms with Crippen molar-refractivity contribution >= 4 is 11.9 Å². The molecule has 1 N–H and O–H groups in total. The van der Waals surface area contributed by atoms with Gasteiger partial charge in [0.2, 0.25) is 0 Å². The normalized spacial score (nSPS) is 12.1. The highest BCUT2D eigenvalue weighted by Gasteiger charge is 2.18. The molecule has 0 aromatic heterocycles. The van der Waals surface area contributed by atoms with Crippen LogP contribution in [0.4, 0.5) is 0 Å². The first-order chi connectivity index (χ1) is 13.2. The molecule has 6 nitrogen and oxygen atoms in total. The smallest absolute Gasteiger partial charge is 0.258 e. The van der Waals surface area contributed by atoms with Crippen molar-refractivity contribution in [1.29, 1.82) is 0 Å². The number of hydrogen-bond acceptors (Lipinski definition) is 5. The lowest BCUT2D eigenvalue weighted by Crippen LogP contribution is -2.36. The Bertz CT molecular complexity index is 791. The summed E-state index contributed by atoms with van der Waals surface area (Å²) in [6.07, 6.45) is -0.316. The van der Waals surface area contributed by atoms with Crippen molar-refractivity contribution in [3.05, 3.63) is 59.7 Å². The molecule has 28 heavy (non-hydrogen) atoms. The molecule has 0 aliphatic heterocycles. The maximum Gasteiger partial charge on any atom is 0.258 e. The number of carboxylic acids is 1. The van der Waals surface area contributed by atoms with Gasteiger partial charge in [0, 0.05) is 12.4 Å². The second kappa shape index (κ2) is 9.26. The van der Waals surface area contributed by atoms with Gasteiger partial charge in [-0.1, -0.05) is 45.0 Å². The fraction of sp³-hybridized carbons (Fsp3) is 0.364. The van der Waals surface area contributed by atoms with Gasteiger partial charge >= 0.3 is 0 Å². The van der Waals surface area contributed by atoms with E-state index in [1.165, 1.54) is 0 Å². The van der Waals surface area contributed by atoms with Crippen LogP contribution in [0.5, 0.6) is 11.5 Å². The molecule has 2 aromatic carbocycles. The van der Waals surface area contributed by atoms with E-state index in [1.54, 1.807) is 31.4 Å². The van der Waals surface area contributed by atoms with Crippen LogP contribution in [0, 0.1) is 0 Å². The van der Waals surface area contributed by atoms with Crippen LogP contribution >= 0.6 is 0 Å². The highest BCUT2D eigenvalue weighted by molar-refractivity contribution is 5.79. The fourth-order valence-electron chi connectivity index (χ4n) is 2.69. The van der Waals surface area contributed by atoms with Gasteiger partial charge in [-0.3, -0.25) is 4.79 Å². The lowest BCUT2D eigenvalue weighted by Gasteiger charge is -2.23. The van der Waals surface area contributed by atoms with Crippen molar-refractivity contribution in [3.63, 3.8) is 0 Å². The van der Waals surface area contributed by atoms with E-state index in [0.717, 1.165) is 5.56 Å².